The highest BCUT2D eigenvalue weighted by atomic mass is 15.3. The number of anilines is 4. The molecule has 2 heterocycles. The Hall–Kier alpha value is -3.15. The third kappa shape index (κ3) is 4.31. The Morgan fingerprint density at radius 1 is 0.931 bits per heavy atom. The Balaban J connectivity index is 1.42. The minimum atomic E-state index is 0.531. The molecule has 1 aromatic heterocycles. The highest BCUT2D eigenvalue weighted by Crippen LogP contribution is 2.25. The molecule has 29 heavy (non-hydrogen) atoms. The largest absolute Gasteiger partial charge is 0.368 e. The smallest absolute Gasteiger partial charge is 0.249 e. The summed E-state index contributed by atoms with van der Waals surface area (Å²) in [5.74, 6) is 1.40. The van der Waals surface area contributed by atoms with Crippen LogP contribution in [0.3, 0.4) is 0 Å². The van der Waals surface area contributed by atoms with Crippen molar-refractivity contribution in [3.63, 3.8) is 0 Å². The standard InChI is InChI=1S/C23H28N6/c1-4-19-8-10-20(11-9-19)25-23-26-22(16-24-27-23)29-14-12-28(13-15-29)21-7-5-6-17(2)18(21)3/h5-11,16H,4,12-15H2,1-3H3,(H,25,26,27). The van der Waals surface area contributed by atoms with E-state index in [-0.39, 0.29) is 0 Å². The lowest BCUT2D eigenvalue weighted by atomic mass is 10.1. The highest BCUT2D eigenvalue weighted by molar-refractivity contribution is 5.58. The third-order valence-corrected chi connectivity index (χ3v) is 5.68. The Bertz CT molecular complexity index is 961. The van der Waals surface area contributed by atoms with E-state index >= 15 is 0 Å². The fourth-order valence-electron chi connectivity index (χ4n) is 3.71. The second kappa shape index (κ2) is 8.47. The van der Waals surface area contributed by atoms with Crippen LogP contribution in [-0.2, 0) is 6.42 Å². The lowest BCUT2D eigenvalue weighted by molar-refractivity contribution is 0.643. The van der Waals surface area contributed by atoms with Crippen LogP contribution in [0.1, 0.15) is 23.6 Å². The molecule has 1 aliphatic rings. The van der Waals surface area contributed by atoms with E-state index in [1.165, 1.54) is 22.4 Å². The van der Waals surface area contributed by atoms with Crippen molar-refractivity contribution in [3.8, 4) is 0 Å². The first-order chi connectivity index (χ1) is 14.1. The Kier molecular flexibility index (Phi) is 5.60. The van der Waals surface area contributed by atoms with Crippen LogP contribution in [0.25, 0.3) is 0 Å². The van der Waals surface area contributed by atoms with E-state index in [0.29, 0.717) is 5.95 Å². The maximum atomic E-state index is 4.69. The van der Waals surface area contributed by atoms with E-state index in [4.69, 9.17) is 0 Å². The van der Waals surface area contributed by atoms with Crippen LogP contribution in [0, 0.1) is 13.8 Å². The quantitative estimate of drug-likeness (QED) is 0.709. The fourth-order valence-corrected chi connectivity index (χ4v) is 3.71. The summed E-state index contributed by atoms with van der Waals surface area (Å²) in [5.41, 5.74) is 6.33. The lowest BCUT2D eigenvalue weighted by Crippen LogP contribution is -2.47. The summed E-state index contributed by atoms with van der Waals surface area (Å²) in [6.07, 6.45) is 2.78. The van der Waals surface area contributed by atoms with Crippen LogP contribution in [0.5, 0.6) is 0 Å². The van der Waals surface area contributed by atoms with Crippen molar-refractivity contribution in [2.75, 3.05) is 41.3 Å². The van der Waals surface area contributed by atoms with Crippen molar-refractivity contribution in [3.05, 3.63) is 65.4 Å². The monoisotopic (exact) mass is 388 g/mol. The molecule has 0 unspecified atom stereocenters. The van der Waals surface area contributed by atoms with Gasteiger partial charge in [0.05, 0.1) is 6.20 Å². The Labute approximate surface area is 172 Å². The molecule has 3 aromatic rings. The Morgan fingerprint density at radius 3 is 2.38 bits per heavy atom. The summed E-state index contributed by atoms with van der Waals surface area (Å²) in [7, 11) is 0. The van der Waals surface area contributed by atoms with Gasteiger partial charge in [-0.2, -0.15) is 10.1 Å². The predicted molar refractivity (Wildman–Crippen MR) is 119 cm³/mol. The van der Waals surface area contributed by atoms with Crippen molar-refractivity contribution in [2.45, 2.75) is 27.2 Å². The summed E-state index contributed by atoms with van der Waals surface area (Å²) in [6, 6.07) is 14.9. The normalized spacial score (nSPS) is 14.2. The molecule has 0 amide bonds. The summed E-state index contributed by atoms with van der Waals surface area (Å²) in [5, 5.41) is 11.6. The molecule has 1 aliphatic heterocycles. The van der Waals surface area contributed by atoms with Gasteiger partial charge in [-0.05, 0) is 55.2 Å². The van der Waals surface area contributed by atoms with Crippen molar-refractivity contribution in [2.24, 2.45) is 0 Å². The molecule has 2 aromatic carbocycles. The van der Waals surface area contributed by atoms with Gasteiger partial charge in [0, 0.05) is 37.6 Å². The van der Waals surface area contributed by atoms with Crippen molar-refractivity contribution in [1.29, 1.82) is 0 Å². The van der Waals surface area contributed by atoms with E-state index in [1.54, 1.807) is 6.20 Å². The first-order valence-corrected chi connectivity index (χ1v) is 10.3. The summed E-state index contributed by atoms with van der Waals surface area (Å²) in [4.78, 5) is 9.43. The van der Waals surface area contributed by atoms with E-state index < -0.39 is 0 Å². The third-order valence-electron chi connectivity index (χ3n) is 5.68. The molecule has 4 rings (SSSR count). The molecule has 6 heteroatoms. The molecule has 150 valence electrons. The van der Waals surface area contributed by atoms with Gasteiger partial charge in [0.25, 0.3) is 0 Å². The van der Waals surface area contributed by atoms with Gasteiger partial charge in [-0.1, -0.05) is 31.2 Å². The second-order valence-corrected chi connectivity index (χ2v) is 7.51. The average molecular weight is 389 g/mol. The van der Waals surface area contributed by atoms with Gasteiger partial charge in [0.15, 0.2) is 5.82 Å². The molecule has 0 saturated carbocycles. The van der Waals surface area contributed by atoms with Crippen molar-refractivity contribution < 1.29 is 0 Å². The van der Waals surface area contributed by atoms with Crippen molar-refractivity contribution in [1.82, 2.24) is 15.2 Å². The zero-order chi connectivity index (χ0) is 20.2. The van der Waals surface area contributed by atoms with Gasteiger partial charge in [-0.25, -0.2) is 0 Å². The number of nitrogens with one attached hydrogen (secondary N) is 1. The molecular formula is C23H28N6. The highest BCUT2D eigenvalue weighted by Gasteiger charge is 2.20. The molecule has 1 N–H and O–H groups in total. The number of hydrogen-bond donors (Lipinski definition) is 1. The van der Waals surface area contributed by atoms with E-state index in [2.05, 4.69) is 93.5 Å². The number of aryl methyl sites for hydroxylation is 2. The van der Waals surface area contributed by atoms with Crippen LogP contribution in [0.15, 0.2) is 48.7 Å². The van der Waals surface area contributed by atoms with Crippen LogP contribution in [0.2, 0.25) is 0 Å². The van der Waals surface area contributed by atoms with E-state index in [9.17, 15) is 0 Å². The van der Waals surface area contributed by atoms with Gasteiger partial charge in [0.2, 0.25) is 5.95 Å². The molecule has 0 spiro atoms. The Morgan fingerprint density at radius 2 is 1.66 bits per heavy atom. The number of aromatic nitrogens is 3. The molecule has 6 nitrogen and oxygen atoms in total. The fraction of sp³-hybridized carbons (Fsp3) is 0.348. The summed E-state index contributed by atoms with van der Waals surface area (Å²) < 4.78 is 0. The molecule has 0 bridgehead atoms. The molecule has 1 saturated heterocycles. The summed E-state index contributed by atoms with van der Waals surface area (Å²) >= 11 is 0. The average Bonchev–Trinajstić information content (AvgIpc) is 2.77. The number of benzene rings is 2. The summed E-state index contributed by atoms with van der Waals surface area (Å²) in [6.45, 7) is 10.3. The molecule has 0 radical (unpaired) electrons. The first-order valence-electron chi connectivity index (χ1n) is 10.3. The van der Waals surface area contributed by atoms with Gasteiger partial charge in [-0.3, -0.25) is 0 Å². The lowest BCUT2D eigenvalue weighted by Gasteiger charge is -2.37. The first kappa shape index (κ1) is 19.2. The number of piperazine rings is 1. The molecule has 1 fully saturated rings. The molecular weight excluding hydrogens is 360 g/mol. The SMILES string of the molecule is CCc1ccc(Nc2nncc(N3CCN(c4cccc(C)c4C)CC3)n2)cc1. The predicted octanol–water partition coefficient (Wildman–Crippen LogP) is 4.12. The maximum Gasteiger partial charge on any atom is 0.249 e. The second-order valence-electron chi connectivity index (χ2n) is 7.51. The minimum absolute atomic E-state index is 0.531. The topological polar surface area (TPSA) is 57.2 Å². The number of hydrogen-bond acceptors (Lipinski definition) is 6. The van der Waals surface area contributed by atoms with Crippen LogP contribution >= 0.6 is 0 Å². The zero-order valence-corrected chi connectivity index (χ0v) is 17.4. The zero-order valence-electron chi connectivity index (χ0n) is 17.4. The maximum absolute atomic E-state index is 4.69. The van der Waals surface area contributed by atoms with Gasteiger partial charge in [0.1, 0.15) is 0 Å². The van der Waals surface area contributed by atoms with Gasteiger partial charge in [-0.15, -0.1) is 5.10 Å². The van der Waals surface area contributed by atoms with Gasteiger partial charge < -0.3 is 15.1 Å². The van der Waals surface area contributed by atoms with Crippen LogP contribution in [-0.4, -0.2) is 41.4 Å². The van der Waals surface area contributed by atoms with E-state index in [1.807, 2.05) is 0 Å². The van der Waals surface area contributed by atoms with Crippen LogP contribution in [0.4, 0.5) is 23.1 Å². The molecule has 0 aliphatic carbocycles. The van der Waals surface area contributed by atoms with Gasteiger partial charge >= 0.3 is 0 Å². The minimum Gasteiger partial charge on any atom is -0.368 e. The number of rotatable bonds is 5. The van der Waals surface area contributed by atoms with Crippen molar-refractivity contribution >= 4 is 23.1 Å². The van der Waals surface area contributed by atoms with E-state index in [0.717, 1.165) is 44.1 Å². The number of nitrogens with zero attached hydrogens (tertiary/aromatic N) is 5. The van der Waals surface area contributed by atoms with Crippen LogP contribution < -0.4 is 15.1 Å². The molecule has 0 atom stereocenters.